The van der Waals surface area contributed by atoms with Gasteiger partial charge in [0.05, 0.1) is 24.4 Å². The summed E-state index contributed by atoms with van der Waals surface area (Å²) >= 11 is 0. The molecule has 0 aliphatic carbocycles. The van der Waals surface area contributed by atoms with E-state index in [4.69, 9.17) is 10.5 Å². The predicted molar refractivity (Wildman–Crippen MR) is 70.5 cm³/mol. The van der Waals surface area contributed by atoms with Crippen molar-refractivity contribution >= 4 is 11.4 Å². The second kappa shape index (κ2) is 6.67. The number of nitrogens with zero attached hydrogens (tertiary/aromatic N) is 1. The van der Waals surface area contributed by atoms with Crippen LogP contribution in [0.1, 0.15) is 19.8 Å². The summed E-state index contributed by atoms with van der Waals surface area (Å²) in [5.41, 5.74) is 6.04. The highest BCUT2D eigenvalue weighted by Gasteiger charge is 2.27. The lowest BCUT2D eigenvalue weighted by molar-refractivity contribution is -0.132. The van der Waals surface area contributed by atoms with Crippen LogP contribution in [0.3, 0.4) is 0 Å². The van der Waals surface area contributed by atoms with Crippen molar-refractivity contribution in [1.29, 1.82) is 0 Å². The fourth-order valence-corrected chi connectivity index (χ4v) is 1.63. The minimum Gasteiger partial charge on any atom is -0.490 e. The second-order valence-electron chi connectivity index (χ2n) is 4.48. The third-order valence-corrected chi connectivity index (χ3v) is 2.68. The van der Waals surface area contributed by atoms with Gasteiger partial charge in [-0.05, 0) is 6.42 Å². The van der Waals surface area contributed by atoms with E-state index in [-0.39, 0.29) is 18.0 Å². The van der Waals surface area contributed by atoms with Crippen LogP contribution in [-0.2, 0) is 0 Å². The molecule has 0 aromatic heterocycles. The van der Waals surface area contributed by atoms with Crippen LogP contribution in [0.15, 0.2) is 12.1 Å². The summed E-state index contributed by atoms with van der Waals surface area (Å²) in [6.07, 6.45) is -4.51. The number of hydrogen-bond donors (Lipinski definition) is 1. The molecule has 0 bridgehead atoms. The molecule has 0 fully saturated rings. The topological polar surface area (TPSA) is 38.5 Å². The lowest BCUT2D eigenvalue weighted by Crippen LogP contribution is -2.25. The van der Waals surface area contributed by atoms with Gasteiger partial charge in [0.15, 0.2) is 11.6 Å². The molecule has 0 aliphatic heterocycles. The van der Waals surface area contributed by atoms with Crippen LogP contribution in [-0.4, -0.2) is 26.4 Å². The van der Waals surface area contributed by atoms with Gasteiger partial charge in [0.25, 0.3) is 0 Å². The number of ether oxygens (including phenoxy) is 1. The Kier molecular flexibility index (Phi) is 5.47. The molecule has 0 unspecified atom stereocenters. The van der Waals surface area contributed by atoms with Gasteiger partial charge in [0.2, 0.25) is 0 Å². The highest BCUT2D eigenvalue weighted by molar-refractivity contribution is 5.69. The van der Waals surface area contributed by atoms with E-state index in [0.717, 1.165) is 6.07 Å². The summed E-state index contributed by atoms with van der Waals surface area (Å²) < 4.78 is 55.4. The third kappa shape index (κ3) is 4.79. The average Bonchev–Trinajstić information content (AvgIpc) is 2.34. The fraction of sp³-hybridized carbons (Fsp3) is 0.538. The van der Waals surface area contributed by atoms with Crippen molar-refractivity contribution in [2.75, 3.05) is 30.8 Å². The van der Waals surface area contributed by atoms with Crippen LogP contribution in [0.4, 0.5) is 28.9 Å². The molecule has 1 rings (SSSR count). The van der Waals surface area contributed by atoms with Crippen molar-refractivity contribution in [3.8, 4) is 5.75 Å². The molecular weight excluding hydrogens is 276 g/mol. The molecular formula is C13H18F4N2O. The Morgan fingerprint density at radius 3 is 2.50 bits per heavy atom. The largest absolute Gasteiger partial charge is 0.490 e. The monoisotopic (exact) mass is 294 g/mol. The maximum absolute atomic E-state index is 13.6. The number of benzene rings is 1. The highest BCUT2D eigenvalue weighted by atomic mass is 19.4. The predicted octanol–water partition coefficient (Wildman–Crippen LogP) is 3.59. The molecule has 20 heavy (non-hydrogen) atoms. The molecule has 7 heteroatoms. The van der Waals surface area contributed by atoms with Gasteiger partial charge in [0.1, 0.15) is 0 Å². The fourth-order valence-electron chi connectivity index (χ4n) is 1.63. The van der Waals surface area contributed by atoms with E-state index in [9.17, 15) is 17.6 Å². The van der Waals surface area contributed by atoms with Crippen molar-refractivity contribution in [2.24, 2.45) is 0 Å². The molecule has 0 saturated heterocycles. The molecule has 0 atom stereocenters. The number of nitrogens with two attached hydrogens (primary N) is 1. The van der Waals surface area contributed by atoms with Gasteiger partial charge in [-0.3, -0.25) is 0 Å². The molecule has 1 aromatic rings. The van der Waals surface area contributed by atoms with Gasteiger partial charge >= 0.3 is 6.18 Å². The van der Waals surface area contributed by atoms with Crippen molar-refractivity contribution in [3.05, 3.63) is 17.9 Å². The van der Waals surface area contributed by atoms with Gasteiger partial charge < -0.3 is 15.4 Å². The Labute approximate surface area is 115 Å². The van der Waals surface area contributed by atoms with Crippen LogP contribution in [0, 0.1) is 5.82 Å². The van der Waals surface area contributed by atoms with E-state index in [1.807, 2.05) is 6.92 Å². The Bertz CT molecular complexity index is 449. The van der Waals surface area contributed by atoms with E-state index in [1.54, 1.807) is 0 Å². The van der Waals surface area contributed by atoms with E-state index in [2.05, 4.69) is 0 Å². The first-order valence-corrected chi connectivity index (χ1v) is 6.24. The van der Waals surface area contributed by atoms with Crippen LogP contribution in [0.2, 0.25) is 0 Å². The molecule has 0 spiro atoms. The summed E-state index contributed by atoms with van der Waals surface area (Å²) in [7, 11) is 1.47. The molecule has 0 aliphatic rings. The molecule has 114 valence electrons. The molecule has 0 heterocycles. The number of halogens is 4. The minimum absolute atomic E-state index is 0.00471. The zero-order valence-corrected chi connectivity index (χ0v) is 11.4. The Hall–Kier alpha value is -1.66. The van der Waals surface area contributed by atoms with Gasteiger partial charge in [-0.2, -0.15) is 13.2 Å². The van der Waals surface area contributed by atoms with E-state index < -0.39 is 18.4 Å². The first-order valence-electron chi connectivity index (χ1n) is 6.24. The maximum Gasteiger partial charge on any atom is 0.390 e. The van der Waals surface area contributed by atoms with Crippen LogP contribution in [0.5, 0.6) is 5.75 Å². The van der Waals surface area contributed by atoms with Crippen LogP contribution in [0.25, 0.3) is 0 Å². The zero-order valence-electron chi connectivity index (χ0n) is 11.4. The molecule has 0 radical (unpaired) electrons. The lowest BCUT2D eigenvalue weighted by Gasteiger charge is -2.22. The minimum atomic E-state index is -4.25. The quantitative estimate of drug-likeness (QED) is 0.643. The number of rotatable bonds is 6. The van der Waals surface area contributed by atoms with Crippen molar-refractivity contribution in [3.63, 3.8) is 0 Å². The average molecular weight is 294 g/mol. The number of hydrogen-bond acceptors (Lipinski definition) is 3. The van der Waals surface area contributed by atoms with Crippen molar-refractivity contribution in [1.82, 2.24) is 0 Å². The molecule has 3 nitrogen and oxygen atoms in total. The normalized spacial score (nSPS) is 11.5. The van der Waals surface area contributed by atoms with Crippen molar-refractivity contribution < 1.29 is 22.3 Å². The third-order valence-electron chi connectivity index (χ3n) is 2.68. The smallest absolute Gasteiger partial charge is 0.390 e. The summed E-state index contributed by atoms with van der Waals surface area (Å²) in [5.74, 6) is -0.626. The maximum atomic E-state index is 13.6. The van der Waals surface area contributed by atoms with Gasteiger partial charge in [-0.15, -0.1) is 0 Å². The van der Waals surface area contributed by atoms with E-state index in [1.165, 1.54) is 18.0 Å². The summed E-state index contributed by atoms with van der Waals surface area (Å²) in [6, 6.07) is 2.39. The zero-order chi connectivity index (χ0) is 15.3. The SMILES string of the molecule is CCCOc1cc(N(C)CCC(F)(F)F)c(N)cc1F. The summed E-state index contributed by atoms with van der Waals surface area (Å²) in [5, 5.41) is 0. The molecule has 0 saturated carbocycles. The summed E-state index contributed by atoms with van der Waals surface area (Å²) in [4.78, 5) is 1.33. The van der Waals surface area contributed by atoms with Gasteiger partial charge in [-0.1, -0.05) is 6.92 Å². The molecule has 2 N–H and O–H groups in total. The standard InChI is InChI=1S/C13H18F4N2O/c1-3-6-20-12-8-11(10(18)7-9(12)14)19(2)5-4-13(15,16)17/h7-8H,3-6,18H2,1-2H3. The van der Waals surface area contributed by atoms with E-state index >= 15 is 0 Å². The van der Waals surface area contributed by atoms with E-state index in [0.29, 0.717) is 18.7 Å². The Morgan fingerprint density at radius 1 is 1.30 bits per heavy atom. The first kappa shape index (κ1) is 16.4. The van der Waals surface area contributed by atoms with Crippen LogP contribution >= 0.6 is 0 Å². The van der Waals surface area contributed by atoms with Gasteiger partial charge in [-0.25, -0.2) is 4.39 Å². The first-order chi connectivity index (χ1) is 9.24. The Balaban J connectivity index is 2.87. The van der Waals surface area contributed by atoms with Crippen molar-refractivity contribution in [2.45, 2.75) is 25.9 Å². The molecule has 0 amide bonds. The number of alkyl halides is 3. The van der Waals surface area contributed by atoms with Gasteiger partial charge in [0, 0.05) is 25.7 Å². The number of nitrogen functional groups attached to an aromatic ring is 1. The molecule has 1 aromatic carbocycles. The lowest BCUT2D eigenvalue weighted by atomic mass is 10.2. The van der Waals surface area contributed by atoms with Crippen LogP contribution < -0.4 is 15.4 Å². The second-order valence-corrected chi connectivity index (χ2v) is 4.48. The summed E-state index contributed by atoms with van der Waals surface area (Å²) in [6.45, 7) is 1.94. The number of anilines is 2. The highest BCUT2D eigenvalue weighted by Crippen LogP contribution is 2.31. The Morgan fingerprint density at radius 2 is 1.95 bits per heavy atom.